The van der Waals surface area contributed by atoms with Crippen LogP contribution in [0.15, 0.2) is 0 Å². The van der Waals surface area contributed by atoms with Crippen LogP contribution >= 0.6 is 0 Å². The van der Waals surface area contributed by atoms with E-state index in [4.69, 9.17) is 42.6 Å². The molecule has 20 N–H and O–H groups in total. The van der Waals surface area contributed by atoms with Gasteiger partial charge >= 0.3 is 0 Å². The molecule has 2 aliphatic heterocycles. The molecular formula is C68H123N11O29. The maximum absolute atomic E-state index is 13.6. The molecule has 40 heteroatoms. The van der Waals surface area contributed by atoms with E-state index in [2.05, 4.69) is 58.5 Å². The molecule has 7 unspecified atom stereocenters. The molecule has 0 aromatic rings. The number of carbonyl (C=O) groups is 11. The van der Waals surface area contributed by atoms with Crippen molar-refractivity contribution in [2.75, 3.05) is 132 Å². The van der Waals surface area contributed by atoms with Gasteiger partial charge < -0.3 is 147 Å². The van der Waals surface area contributed by atoms with Crippen molar-refractivity contribution in [2.45, 2.75) is 235 Å². The van der Waals surface area contributed by atoms with Gasteiger partial charge in [0.2, 0.25) is 65.0 Å². The molecule has 0 radical (unpaired) electrons. The standard InChI is InChI=1S/C68H123N11O29/c1-43(84)48(37-81)106-65(47(36-80)76-44(2)85)103-30-9-6-16-52(89)70-24-13-27-73-55(92)21-33-100-40-68(79-58(95)20-12-19-51(88)69-5,41-101-34-22-56(93)74-28-14-25-71-53(90)17-7-10-31-104-66-59(77-45(3)86)63(98)61(96)49(38-82)107-66)42-102-35-23-57(94)75-29-15-26-72-54(91)18-8-11-32-105-67-60(78-46(4)87)64(99)62(97)50(39-83)108-67/h43,47-50,59-67,80-84,96-99H,6-42H2,1-5H3,(H,69,88)(H,70,89)(H,71,90)(H,72,91)(H,73,92)(H,74,93)(H,75,94)(H,76,85)(H,77,86)(H,78,87)(H,79,95)/t43-,47+,48?,49?,50?,59+,60+,61+,62?,63?,64?,65-,66-,67-,68?/m1/s1. The lowest BCUT2D eigenvalue weighted by molar-refractivity contribution is -0.270. The van der Waals surface area contributed by atoms with Crippen LogP contribution in [0.2, 0.25) is 0 Å². The number of unbranched alkanes of at least 4 members (excludes halogenated alkanes) is 3. The van der Waals surface area contributed by atoms with Gasteiger partial charge in [0, 0.05) is 138 Å². The summed E-state index contributed by atoms with van der Waals surface area (Å²) in [6.07, 6.45) is -10.2. The zero-order valence-corrected chi connectivity index (χ0v) is 62.9. The SMILES string of the molecule is CNC(=O)CCCC(=O)NC(COCCC(=O)NCCCNC(=O)CCCCO[C@H](OC(CO)[C@@H](C)O)[C@H](CO)NC(C)=O)(COCCC(=O)NCCCNC(=O)CCCCO[C@@H]1OC(CO)C(O)C(O)[C@@H]1NC(C)=O)COCCC(=O)NCCCNC(=O)CCCCO[C@@H]1OC(CO)[C@H](O)C(O)[C@@H]1NC(C)=O. The average molecular weight is 1560 g/mol. The van der Waals surface area contributed by atoms with Crippen LogP contribution in [0.1, 0.15) is 143 Å². The van der Waals surface area contributed by atoms with Crippen molar-refractivity contribution < 1.29 is 141 Å². The minimum Gasteiger partial charge on any atom is -0.394 e. The smallest absolute Gasteiger partial charge is 0.222 e. The fourth-order valence-electron chi connectivity index (χ4n) is 10.8. The Kier molecular flexibility index (Phi) is 51.9. The number of aliphatic hydroxyl groups is 9. The van der Waals surface area contributed by atoms with Crippen LogP contribution in [0.25, 0.3) is 0 Å². The molecule has 0 aromatic heterocycles. The van der Waals surface area contributed by atoms with E-state index in [0.29, 0.717) is 57.8 Å². The predicted molar refractivity (Wildman–Crippen MR) is 379 cm³/mol. The monoisotopic (exact) mass is 1560 g/mol. The third kappa shape index (κ3) is 42.6. The second-order valence-electron chi connectivity index (χ2n) is 26.2. The van der Waals surface area contributed by atoms with Gasteiger partial charge in [0.05, 0.1) is 72.2 Å². The minimum absolute atomic E-state index is 0.0369. The van der Waals surface area contributed by atoms with Crippen LogP contribution in [-0.4, -0.2) is 335 Å². The number of aliphatic hydroxyl groups excluding tert-OH is 9. The number of nitrogens with one attached hydrogen (secondary N) is 11. The van der Waals surface area contributed by atoms with E-state index in [1.54, 1.807) is 0 Å². The van der Waals surface area contributed by atoms with Gasteiger partial charge in [-0.3, -0.25) is 52.7 Å². The highest BCUT2D eigenvalue weighted by molar-refractivity contribution is 5.80. The Labute approximate surface area is 629 Å². The van der Waals surface area contributed by atoms with Crippen LogP contribution in [0.4, 0.5) is 0 Å². The summed E-state index contributed by atoms with van der Waals surface area (Å²) in [5.41, 5.74) is -1.48. The van der Waals surface area contributed by atoms with E-state index in [0.717, 1.165) is 0 Å². The van der Waals surface area contributed by atoms with Crippen molar-refractivity contribution in [2.24, 2.45) is 0 Å². The molecule has 2 fully saturated rings. The normalized spacial score (nSPS) is 21.5. The van der Waals surface area contributed by atoms with Gasteiger partial charge in [0.25, 0.3) is 0 Å². The van der Waals surface area contributed by atoms with E-state index in [9.17, 15) is 98.7 Å². The lowest BCUT2D eigenvalue weighted by atomic mass is 9.97. The predicted octanol–water partition coefficient (Wildman–Crippen LogP) is -7.13. The summed E-state index contributed by atoms with van der Waals surface area (Å²) in [6.45, 7) is 2.91. The quantitative estimate of drug-likeness (QED) is 0.0199. The molecule has 0 spiro atoms. The first kappa shape index (κ1) is 97.5. The van der Waals surface area contributed by atoms with Crippen molar-refractivity contribution in [3.05, 3.63) is 0 Å². The van der Waals surface area contributed by atoms with Crippen LogP contribution in [0, 0.1) is 0 Å². The number of rotatable bonds is 61. The maximum atomic E-state index is 13.6. The summed E-state index contributed by atoms with van der Waals surface area (Å²) >= 11 is 0. The Hall–Kier alpha value is -6.55. The zero-order chi connectivity index (χ0) is 80.2. The molecule has 108 heavy (non-hydrogen) atoms. The van der Waals surface area contributed by atoms with Gasteiger partial charge in [-0.25, -0.2) is 0 Å². The van der Waals surface area contributed by atoms with Crippen LogP contribution in [0.3, 0.4) is 0 Å². The van der Waals surface area contributed by atoms with Crippen LogP contribution in [-0.2, 0) is 95.4 Å². The summed E-state index contributed by atoms with van der Waals surface area (Å²) in [4.78, 5) is 137. The highest BCUT2D eigenvalue weighted by Gasteiger charge is 2.47. The van der Waals surface area contributed by atoms with E-state index in [1.807, 2.05) is 0 Å². The highest BCUT2D eigenvalue weighted by atomic mass is 16.7. The Balaban J connectivity index is 1.97. The number of ether oxygens (including phenoxy) is 9. The van der Waals surface area contributed by atoms with E-state index < -0.39 is 159 Å². The summed E-state index contributed by atoms with van der Waals surface area (Å²) in [7, 11) is 1.46. The number of hydrogen-bond donors (Lipinski definition) is 20. The molecule has 624 valence electrons. The van der Waals surface area contributed by atoms with Gasteiger partial charge in [0.15, 0.2) is 18.9 Å². The molecule has 2 rings (SSSR count). The summed E-state index contributed by atoms with van der Waals surface area (Å²) in [5.74, 6) is -4.25. The van der Waals surface area contributed by atoms with Gasteiger partial charge in [-0.1, -0.05) is 0 Å². The Bertz CT molecular complexity index is 2520. The summed E-state index contributed by atoms with van der Waals surface area (Å²) in [6, 6.07) is -3.19. The fraction of sp³-hybridized carbons (Fsp3) is 0.838. The van der Waals surface area contributed by atoms with Crippen LogP contribution < -0.4 is 58.5 Å². The minimum atomic E-state index is -1.48. The zero-order valence-electron chi connectivity index (χ0n) is 62.9. The van der Waals surface area contributed by atoms with Crippen molar-refractivity contribution in [3.8, 4) is 0 Å². The fourth-order valence-corrected chi connectivity index (χ4v) is 10.8. The largest absolute Gasteiger partial charge is 0.394 e. The topological polar surface area (TPSA) is 585 Å². The Morgan fingerprint density at radius 3 is 1.12 bits per heavy atom. The maximum Gasteiger partial charge on any atom is 0.222 e. The number of hydrogen-bond acceptors (Lipinski definition) is 29. The molecular weight excluding hydrogens is 1430 g/mol. The molecule has 0 aromatic carbocycles. The van der Waals surface area contributed by atoms with Crippen molar-refractivity contribution in [1.82, 2.24) is 58.5 Å². The van der Waals surface area contributed by atoms with E-state index in [-0.39, 0.29) is 180 Å². The lowest BCUT2D eigenvalue weighted by Crippen LogP contribution is -2.64. The molecule has 40 nitrogen and oxygen atoms in total. The van der Waals surface area contributed by atoms with Gasteiger partial charge in [-0.05, 0) is 71.1 Å². The molecule has 2 heterocycles. The van der Waals surface area contributed by atoms with Crippen molar-refractivity contribution >= 4 is 65.0 Å². The summed E-state index contributed by atoms with van der Waals surface area (Å²) in [5, 5.41) is 119. The molecule has 11 amide bonds. The Morgan fingerprint density at radius 2 is 0.787 bits per heavy atom. The molecule has 0 saturated carbocycles. The van der Waals surface area contributed by atoms with Crippen molar-refractivity contribution in [3.63, 3.8) is 0 Å². The second kappa shape index (κ2) is 57.5. The molecule has 0 aliphatic carbocycles. The molecule has 2 saturated heterocycles. The third-order valence-corrected chi connectivity index (χ3v) is 16.7. The first-order valence-corrected chi connectivity index (χ1v) is 36.9. The molecule has 0 bridgehead atoms. The Morgan fingerprint density at radius 1 is 0.426 bits per heavy atom. The van der Waals surface area contributed by atoms with Gasteiger partial charge in [-0.2, -0.15) is 0 Å². The highest BCUT2D eigenvalue weighted by Crippen LogP contribution is 2.25. The second-order valence-corrected chi connectivity index (χ2v) is 26.2. The first-order chi connectivity index (χ1) is 51.6. The van der Waals surface area contributed by atoms with Crippen molar-refractivity contribution in [1.29, 1.82) is 0 Å². The molecule has 15 atom stereocenters. The van der Waals surface area contributed by atoms with Gasteiger partial charge in [-0.15, -0.1) is 0 Å². The van der Waals surface area contributed by atoms with Gasteiger partial charge in [0.1, 0.15) is 66.4 Å². The average Bonchev–Trinajstić information content (AvgIpc) is 0.821. The summed E-state index contributed by atoms with van der Waals surface area (Å²) < 4.78 is 51.8. The van der Waals surface area contributed by atoms with E-state index in [1.165, 1.54) is 34.7 Å². The van der Waals surface area contributed by atoms with Crippen LogP contribution in [0.5, 0.6) is 0 Å². The lowest BCUT2D eigenvalue weighted by Gasteiger charge is -2.42. The number of carbonyl (C=O) groups excluding carboxylic acids is 11. The number of amides is 11. The first-order valence-electron chi connectivity index (χ1n) is 36.9. The third-order valence-electron chi connectivity index (χ3n) is 16.7. The van der Waals surface area contributed by atoms with E-state index >= 15 is 0 Å². The molecule has 2 aliphatic rings.